The Morgan fingerprint density at radius 1 is 1.12 bits per heavy atom. The van der Waals surface area contributed by atoms with Crippen molar-refractivity contribution in [3.63, 3.8) is 0 Å². The van der Waals surface area contributed by atoms with E-state index in [4.69, 9.17) is 9.84 Å². The van der Waals surface area contributed by atoms with Crippen molar-refractivity contribution in [2.75, 3.05) is 6.61 Å². The van der Waals surface area contributed by atoms with Crippen LogP contribution in [0.2, 0.25) is 0 Å². The zero-order valence-electron chi connectivity index (χ0n) is 13.4. The topological polar surface area (TPSA) is 88.0 Å². The molecule has 0 fully saturated rings. The molecule has 2 rings (SSSR count). The molecular formula is C18H18N2O4. The van der Waals surface area contributed by atoms with Crippen LogP contribution in [-0.4, -0.2) is 29.8 Å². The minimum atomic E-state index is -0.990. The van der Waals surface area contributed by atoms with E-state index in [0.717, 1.165) is 11.1 Å². The predicted molar refractivity (Wildman–Crippen MR) is 90.5 cm³/mol. The molecule has 2 aromatic carbocycles. The zero-order chi connectivity index (χ0) is 17.5. The van der Waals surface area contributed by atoms with E-state index in [0.29, 0.717) is 11.3 Å². The average molecular weight is 326 g/mol. The quantitative estimate of drug-likeness (QED) is 0.631. The molecule has 124 valence electrons. The van der Waals surface area contributed by atoms with Crippen molar-refractivity contribution in [1.29, 1.82) is 0 Å². The van der Waals surface area contributed by atoms with Crippen LogP contribution >= 0.6 is 0 Å². The largest absolute Gasteiger partial charge is 0.483 e. The van der Waals surface area contributed by atoms with Gasteiger partial charge in [-0.3, -0.25) is 4.79 Å². The number of hydrazone groups is 1. The van der Waals surface area contributed by atoms with Crippen LogP contribution in [0.3, 0.4) is 0 Å². The maximum Gasteiger partial charge on any atom is 0.335 e. The lowest BCUT2D eigenvalue weighted by atomic mass is 10.1. The molecule has 0 saturated heterocycles. The molecule has 0 spiro atoms. The summed E-state index contributed by atoms with van der Waals surface area (Å²) in [5.74, 6) is -0.674. The van der Waals surface area contributed by atoms with Crippen LogP contribution in [0.5, 0.6) is 5.75 Å². The van der Waals surface area contributed by atoms with Gasteiger partial charge in [0, 0.05) is 0 Å². The molecule has 2 N–H and O–H groups in total. The first kappa shape index (κ1) is 17.2. The van der Waals surface area contributed by atoms with Gasteiger partial charge < -0.3 is 9.84 Å². The molecular weight excluding hydrogens is 308 g/mol. The first-order valence-corrected chi connectivity index (χ1v) is 7.31. The molecule has 2 aromatic rings. The summed E-state index contributed by atoms with van der Waals surface area (Å²) < 4.78 is 5.52. The van der Waals surface area contributed by atoms with Crippen molar-refractivity contribution in [2.45, 2.75) is 13.8 Å². The number of hydrogen-bond donors (Lipinski definition) is 2. The number of carboxylic acids is 1. The van der Waals surface area contributed by atoms with E-state index in [9.17, 15) is 9.59 Å². The summed E-state index contributed by atoms with van der Waals surface area (Å²) in [4.78, 5) is 22.5. The lowest BCUT2D eigenvalue weighted by molar-refractivity contribution is -0.123. The number of ether oxygens (including phenoxy) is 1. The third-order valence-electron chi connectivity index (χ3n) is 3.32. The predicted octanol–water partition coefficient (Wildman–Crippen LogP) is 2.53. The van der Waals surface area contributed by atoms with Gasteiger partial charge in [0.2, 0.25) is 0 Å². The van der Waals surface area contributed by atoms with Crippen molar-refractivity contribution in [2.24, 2.45) is 5.10 Å². The number of carboxylic acid groups (broad SMARTS) is 1. The molecule has 0 unspecified atom stereocenters. The molecule has 1 amide bonds. The Kier molecular flexibility index (Phi) is 5.68. The third kappa shape index (κ3) is 4.67. The molecule has 0 radical (unpaired) electrons. The van der Waals surface area contributed by atoms with Gasteiger partial charge in [-0.15, -0.1) is 0 Å². The standard InChI is InChI=1S/C18H18N2O4/c1-12-4-3-5-13(2)17(12)24-11-16(21)20-19-10-14-6-8-15(9-7-14)18(22)23/h3-10H,11H2,1-2H3,(H,20,21)(H,22,23)/b19-10+. The first-order valence-electron chi connectivity index (χ1n) is 7.31. The Bertz CT molecular complexity index is 747. The number of amides is 1. The van der Waals surface area contributed by atoms with Gasteiger partial charge in [-0.05, 0) is 42.7 Å². The number of benzene rings is 2. The molecule has 0 bridgehead atoms. The highest BCUT2D eigenvalue weighted by Gasteiger charge is 2.06. The van der Waals surface area contributed by atoms with Crippen LogP contribution in [0.4, 0.5) is 0 Å². The Hall–Kier alpha value is -3.15. The van der Waals surface area contributed by atoms with Crippen LogP contribution in [0, 0.1) is 13.8 Å². The number of rotatable bonds is 6. The molecule has 0 aromatic heterocycles. The van der Waals surface area contributed by atoms with Crippen molar-refractivity contribution in [3.05, 3.63) is 64.7 Å². The molecule has 0 aliphatic carbocycles. The average Bonchev–Trinajstić information content (AvgIpc) is 2.55. The van der Waals surface area contributed by atoms with E-state index < -0.39 is 5.97 Å². The summed E-state index contributed by atoms with van der Waals surface area (Å²) in [5, 5.41) is 12.6. The molecule has 6 heteroatoms. The lowest BCUT2D eigenvalue weighted by Crippen LogP contribution is -2.25. The van der Waals surface area contributed by atoms with E-state index in [-0.39, 0.29) is 18.1 Å². The highest BCUT2D eigenvalue weighted by Crippen LogP contribution is 2.21. The number of hydrogen-bond acceptors (Lipinski definition) is 4. The Morgan fingerprint density at radius 2 is 1.75 bits per heavy atom. The number of aromatic carboxylic acids is 1. The van der Waals surface area contributed by atoms with Crippen LogP contribution in [0.1, 0.15) is 27.0 Å². The van der Waals surface area contributed by atoms with Crippen molar-refractivity contribution in [1.82, 2.24) is 5.43 Å². The second-order valence-electron chi connectivity index (χ2n) is 5.23. The Balaban J connectivity index is 1.85. The molecule has 0 atom stereocenters. The van der Waals surface area contributed by atoms with E-state index in [1.807, 2.05) is 32.0 Å². The molecule has 0 aliphatic rings. The van der Waals surface area contributed by atoms with Gasteiger partial charge in [0.05, 0.1) is 11.8 Å². The maximum absolute atomic E-state index is 11.7. The Labute approximate surface area is 139 Å². The van der Waals surface area contributed by atoms with Gasteiger partial charge in [-0.25, -0.2) is 10.2 Å². The fourth-order valence-electron chi connectivity index (χ4n) is 2.09. The summed E-state index contributed by atoms with van der Waals surface area (Å²) in [5.41, 5.74) is 5.16. The molecule has 0 saturated carbocycles. The number of nitrogens with zero attached hydrogens (tertiary/aromatic N) is 1. The molecule has 0 aliphatic heterocycles. The summed E-state index contributed by atoms with van der Waals surface area (Å²) in [6.07, 6.45) is 1.43. The summed E-state index contributed by atoms with van der Waals surface area (Å²) in [6.45, 7) is 3.69. The second-order valence-corrected chi connectivity index (χ2v) is 5.23. The van der Waals surface area contributed by atoms with E-state index >= 15 is 0 Å². The van der Waals surface area contributed by atoms with Gasteiger partial charge in [-0.1, -0.05) is 30.3 Å². The maximum atomic E-state index is 11.7. The molecule has 0 heterocycles. The number of carbonyl (C=O) groups is 2. The van der Waals surface area contributed by atoms with Crippen molar-refractivity contribution in [3.8, 4) is 5.75 Å². The minimum Gasteiger partial charge on any atom is -0.483 e. The van der Waals surface area contributed by atoms with Gasteiger partial charge in [0.25, 0.3) is 5.91 Å². The summed E-state index contributed by atoms with van der Waals surface area (Å²) in [7, 11) is 0. The van der Waals surface area contributed by atoms with Crippen LogP contribution in [-0.2, 0) is 4.79 Å². The van der Waals surface area contributed by atoms with Crippen LogP contribution in [0.25, 0.3) is 0 Å². The van der Waals surface area contributed by atoms with E-state index in [2.05, 4.69) is 10.5 Å². The molecule has 24 heavy (non-hydrogen) atoms. The highest BCUT2D eigenvalue weighted by molar-refractivity contribution is 5.89. The smallest absolute Gasteiger partial charge is 0.335 e. The van der Waals surface area contributed by atoms with Crippen molar-refractivity contribution < 1.29 is 19.4 Å². The lowest BCUT2D eigenvalue weighted by Gasteiger charge is -2.10. The minimum absolute atomic E-state index is 0.138. The zero-order valence-corrected chi connectivity index (χ0v) is 13.4. The van der Waals surface area contributed by atoms with Gasteiger partial charge in [0.15, 0.2) is 6.61 Å². The second kappa shape index (κ2) is 7.92. The molecule has 6 nitrogen and oxygen atoms in total. The number of aryl methyl sites for hydroxylation is 2. The first-order chi connectivity index (χ1) is 11.5. The third-order valence-corrected chi connectivity index (χ3v) is 3.32. The van der Waals surface area contributed by atoms with Crippen molar-refractivity contribution >= 4 is 18.1 Å². The fraction of sp³-hybridized carbons (Fsp3) is 0.167. The normalized spacial score (nSPS) is 10.6. The fourth-order valence-corrected chi connectivity index (χ4v) is 2.09. The number of para-hydroxylation sites is 1. The van der Waals surface area contributed by atoms with E-state index in [1.165, 1.54) is 18.3 Å². The monoisotopic (exact) mass is 326 g/mol. The summed E-state index contributed by atoms with van der Waals surface area (Å²) >= 11 is 0. The Morgan fingerprint density at radius 3 is 2.33 bits per heavy atom. The number of nitrogens with one attached hydrogen (secondary N) is 1. The van der Waals surface area contributed by atoms with Crippen LogP contribution < -0.4 is 10.2 Å². The highest BCUT2D eigenvalue weighted by atomic mass is 16.5. The SMILES string of the molecule is Cc1cccc(C)c1OCC(=O)N/N=C/c1ccc(C(=O)O)cc1. The van der Waals surface area contributed by atoms with Gasteiger partial charge in [0.1, 0.15) is 5.75 Å². The van der Waals surface area contributed by atoms with Gasteiger partial charge in [-0.2, -0.15) is 5.10 Å². The number of carbonyl (C=O) groups excluding carboxylic acids is 1. The van der Waals surface area contributed by atoms with Crippen LogP contribution in [0.15, 0.2) is 47.6 Å². The summed E-state index contributed by atoms with van der Waals surface area (Å²) in [6, 6.07) is 11.9. The van der Waals surface area contributed by atoms with E-state index in [1.54, 1.807) is 12.1 Å². The van der Waals surface area contributed by atoms with Gasteiger partial charge >= 0.3 is 5.97 Å².